The summed E-state index contributed by atoms with van der Waals surface area (Å²) in [5, 5.41) is 16.4. The summed E-state index contributed by atoms with van der Waals surface area (Å²) in [5.41, 5.74) is 2.95. The molecule has 0 aliphatic carbocycles. The summed E-state index contributed by atoms with van der Waals surface area (Å²) in [6.45, 7) is 0.581. The van der Waals surface area contributed by atoms with Crippen molar-refractivity contribution in [1.82, 2.24) is 4.98 Å². The normalized spacial score (nSPS) is 11.2. The van der Waals surface area contributed by atoms with E-state index >= 15 is 0 Å². The van der Waals surface area contributed by atoms with Crippen LogP contribution in [-0.4, -0.2) is 10.1 Å². The lowest BCUT2D eigenvalue weighted by Crippen LogP contribution is -2.02. The van der Waals surface area contributed by atoms with Gasteiger partial charge in [-0.3, -0.25) is 0 Å². The van der Waals surface area contributed by atoms with Crippen molar-refractivity contribution in [3.8, 4) is 5.75 Å². The van der Waals surface area contributed by atoms with Crippen LogP contribution >= 0.6 is 34.8 Å². The van der Waals surface area contributed by atoms with E-state index < -0.39 is 0 Å². The number of pyridine rings is 1. The first kappa shape index (κ1) is 17.2. The summed E-state index contributed by atoms with van der Waals surface area (Å²) >= 11 is 18.6. The quantitative estimate of drug-likeness (QED) is 0.376. The van der Waals surface area contributed by atoms with E-state index in [1.807, 2.05) is 36.4 Å². The average molecular weight is 404 g/mol. The molecular weight excluding hydrogens is 391 g/mol. The molecule has 6 heteroatoms. The molecular formula is C20H13Cl3N2O. The summed E-state index contributed by atoms with van der Waals surface area (Å²) in [5.74, 6) is 0.0225. The van der Waals surface area contributed by atoms with Crippen molar-refractivity contribution in [2.45, 2.75) is 6.54 Å². The molecule has 0 bridgehead atoms. The maximum atomic E-state index is 10.5. The monoisotopic (exact) mass is 402 g/mol. The molecule has 0 aliphatic rings. The number of halogens is 3. The molecule has 1 heterocycles. The Balaban J connectivity index is 1.98. The van der Waals surface area contributed by atoms with Crippen molar-refractivity contribution in [3.63, 3.8) is 0 Å². The van der Waals surface area contributed by atoms with E-state index in [1.165, 1.54) is 6.07 Å². The zero-order chi connectivity index (χ0) is 18.3. The number of phenols is 1. The van der Waals surface area contributed by atoms with Crippen LogP contribution in [0.4, 0.5) is 5.69 Å². The minimum Gasteiger partial charge on any atom is -0.507 e. The third kappa shape index (κ3) is 3.03. The molecule has 2 N–H and O–H groups in total. The van der Waals surface area contributed by atoms with E-state index in [4.69, 9.17) is 34.8 Å². The first-order chi connectivity index (χ1) is 12.5. The number of fused-ring (bicyclic) bond motifs is 2. The Morgan fingerprint density at radius 1 is 0.962 bits per heavy atom. The largest absolute Gasteiger partial charge is 0.507 e. The minimum atomic E-state index is 0.0225. The molecule has 0 saturated carbocycles. The number of aromatic nitrogens is 1. The third-order valence-corrected chi connectivity index (χ3v) is 5.21. The summed E-state index contributed by atoms with van der Waals surface area (Å²) in [7, 11) is 0. The molecule has 0 saturated heterocycles. The molecule has 0 fully saturated rings. The van der Waals surface area contributed by atoms with Gasteiger partial charge in [0.05, 0.1) is 32.2 Å². The lowest BCUT2D eigenvalue weighted by Gasteiger charge is -2.16. The van der Waals surface area contributed by atoms with Gasteiger partial charge in [-0.25, -0.2) is 4.98 Å². The summed E-state index contributed by atoms with van der Waals surface area (Å²) in [6.07, 6.45) is 0. The fraction of sp³-hybridized carbons (Fsp3) is 0.0500. The number of rotatable bonds is 3. The van der Waals surface area contributed by atoms with Gasteiger partial charge < -0.3 is 10.4 Å². The fourth-order valence-electron chi connectivity index (χ4n) is 2.98. The van der Waals surface area contributed by atoms with Gasteiger partial charge in [0.1, 0.15) is 5.75 Å². The standard InChI is InChI=1S/C20H13Cl3N2O/c21-12-6-7-13-15(8-12)25-20-17(16(26)9-14(22)18(20)23)19(13)24-10-11-4-2-1-3-5-11/h1-9,26H,10H2,(H,24,25). The first-order valence-corrected chi connectivity index (χ1v) is 9.05. The second-order valence-corrected chi connectivity index (χ2v) is 7.12. The Hall–Kier alpha value is -2.20. The van der Waals surface area contributed by atoms with Crippen molar-refractivity contribution in [2.24, 2.45) is 0 Å². The van der Waals surface area contributed by atoms with Gasteiger partial charge in [0.2, 0.25) is 0 Å². The van der Waals surface area contributed by atoms with Crippen molar-refractivity contribution >= 4 is 62.3 Å². The molecule has 0 unspecified atom stereocenters. The van der Waals surface area contributed by atoms with E-state index in [0.29, 0.717) is 33.0 Å². The molecule has 4 rings (SSSR count). The Bertz CT molecular complexity index is 1130. The lowest BCUT2D eigenvalue weighted by atomic mass is 10.1. The van der Waals surface area contributed by atoms with Crippen LogP contribution in [0.1, 0.15) is 5.56 Å². The number of anilines is 1. The summed E-state index contributed by atoms with van der Waals surface area (Å²) < 4.78 is 0. The Labute approximate surface area is 165 Å². The Morgan fingerprint density at radius 2 is 1.73 bits per heavy atom. The number of aromatic hydroxyl groups is 1. The van der Waals surface area contributed by atoms with Gasteiger partial charge in [-0.2, -0.15) is 0 Å². The summed E-state index contributed by atoms with van der Waals surface area (Å²) in [6, 6.07) is 16.8. The van der Waals surface area contributed by atoms with Crippen LogP contribution in [0.2, 0.25) is 15.1 Å². The first-order valence-electron chi connectivity index (χ1n) is 7.92. The molecule has 3 aromatic carbocycles. The lowest BCUT2D eigenvalue weighted by molar-refractivity contribution is 0.482. The number of hydrogen-bond donors (Lipinski definition) is 2. The predicted octanol–water partition coefficient (Wildman–Crippen LogP) is 6.67. The molecule has 130 valence electrons. The van der Waals surface area contributed by atoms with Gasteiger partial charge in [-0.1, -0.05) is 65.1 Å². The van der Waals surface area contributed by atoms with Crippen LogP contribution in [0.25, 0.3) is 21.8 Å². The second-order valence-electron chi connectivity index (χ2n) is 5.90. The molecule has 4 aromatic rings. The van der Waals surface area contributed by atoms with Crippen LogP contribution < -0.4 is 5.32 Å². The molecule has 0 aliphatic heterocycles. The molecule has 3 nitrogen and oxygen atoms in total. The van der Waals surface area contributed by atoms with E-state index in [-0.39, 0.29) is 10.8 Å². The number of nitrogens with zero attached hydrogens (tertiary/aromatic N) is 1. The third-order valence-electron chi connectivity index (χ3n) is 4.20. The van der Waals surface area contributed by atoms with E-state index in [1.54, 1.807) is 12.1 Å². The van der Waals surface area contributed by atoms with Crippen molar-refractivity contribution in [1.29, 1.82) is 0 Å². The number of benzene rings is 3. The van der Waals surface area contributed by atoms with E-state index in [9.17, 15) is 5.11 Å². The Kier molecular flexibility index (Phi) is 4.53. The number of hydrogen-bond acceptors (Lipinski definition) is 3. The molecule has 0 amide bonds. The zero-order valence-corrected chi connectivity index (χ0v) is 15.7. The number of nitrogens with one attached hydrogen (secondary N) is 1. The molecule has 0 atom stereocenters. The number of phenolic OH excluding ortho intramolecular Hbond substituents is 1. The van der Waals surface area contributed by atoms with Crippen LogP contribution in [0.3, 0.4) is 0 Å². The van der Waals surface area contributed by atoms with Gasteiger partial charge in [0, 0.05) is 23.0 Å². The van der Waals surface area contributed by atoms with Crippen molar-refractivity contribution < 1.29 is 5.11 Å². The summed E-state index contributed by atoms with van der Waals surface area (Å²) in [4.78, 5) is 4.57. The van der Waals surface area contributed by atoms with Crippen molar-refractivity contribution in [2.75, 3.05) is 5.32 Å². The second kappa shape index (κ2) is 6.84. The van der Waals surface area contributed by atoms with E-state index in [0.717, 1.165) is 16.6 Å². The Morgan fingerprint density at radius 3 is 2.50 bits per heavy atom. The molecule has 1 aromatic heterocycles. The van der Waals surface area contributed by atoms with Gasteiger partial charge in [0.25, 0.3) is 0 Å². The topological polar surface area (TPSA) is 45.2 Å². The minimum absolute atomic E-state index is 0.0225. The van der Waals surface area contributed by atoms with Crippen LogP contribution in [0.15, 0.2) is 54.6 Å². The molecule has 26 heavy (non-hydrogen) atoms. The highest BCUT2D eigenvalue weighted by Gasteiger charge is 2.17. The van der Waals surface area contributed by atoms with Gasteiger partial charge in [-0.05, 0) is 23.8 Å². The highest BCUT2D eigenvalue weighted by atomic mass is 35.5. The van der Waals surface area contributed by atoms with Crippen molar-refractivity contribution in [3.05, 3.63) is 75.2 Å². The smallest absolute Gasteiger partial charge is 0.128 e. The molecule has 0 spiro atoms. The van der Waals surface area contributed by atoms with Gasteiger partial charge in [-0.15, -0.1) is 0 Å². The van der Waals surface area contributed by atoms with Crippen LogP contribution in [-0.2, 0) is 6.54 Å². The highest BCUT2D eigenvalue weighted by molar-refractivity contribution is 6.45. The van der Waals surface area contributed by atoms with Crippen LogP contribution in [0, 0.1) is 0 Å². The highest BCUT2D eigenvalue weighted by Crippen LogP contribution is 2.43. The van der Waals surface area contributed by atoms with Gasteiger partial charge in [0.15, 0.2) is 0 Å². The maximum Gasteiger partial charge on any atom is 0.128 e. The predicted molar refractivity (Wildman–Crippen MR) is 110 cm³/mol. The maximum absolute atomic E-state index is 10.5. The fourth-order valence-corrected chi connectivity index (χ4v) is 3.54. The zero-order valence-electron chi connectivity index (χ0n) is 13.4. The van der Waals surface area contributed by atoms with Gasteiger partial charge >= 0.3 is 0 Å². The molecule has 0 radical (unpaired) electrons. The average Bonchev–Trinajstić information content (AvgIpc) is 2.64. The van der Waals surface area contributed by atoms with E-state index in [2.05, 4.69) is 10.3 Å². The van der Waals surface area contributed by atoms with Crippen LogP contribution in [0.5, 0.6) is 5.75 Å². The SMILES string of the molecule is Oc1cc(Cl)c(Cl)c2nc3cc(Cl)ccc3c(NCc3ccccc3)c12.